The monoisotopic (exact) mass is 291 g/mol. The van der Waals surface area contributed by atoms with Crippen molar-refractivity contribution in [3.05, 3.63) is 50.9 Å². The zero-order valence-corrected chi connectivity index (χ0v) is 11.6. The predicted octanol–water partition coefficient (Wildman–Crippen LogP) is 3.25. The van der Waals surface area contributed by atoms with Crippen molar-refractivity contribution in [3.8, 4) is 11.3 Å². The maximum Gasteiger partial charge on any atom is 0.270 e. The van der Waals surface area contributed by atoms with Gasteiger partial charge in [0.15, 0.2) is 0 Å². The Hall–Kier alpha value is -2.12. The van der Waals surface area contributed by atoms with Crippen molar-refractivity contribution in [3.63, 3.8) is 0 Å². The standard InChI is InChI=1S/C13H13N3O3S/c1-2-19-8-12-14-11(7-13(20)15-12)9-4-3-5-10(6-9)16(17)18/h3-7H,2,8H2,1H3,(H,14,15,20). The quantitative estimate of drug-likeness (QED) is 0.519. The van der Waals surface area contributed by atoms with E-state index < -0.39 is 4.92 Å². The molecule has 2 aromatic rings. The van der Waals surface area contributed by atoms with Crippen LogP contribution >= 0.6 is 12.2 Å². The molecule has 20 heavy (non-hydrogen) atoms. The van der Waals surface area contributed by atoms with Crippen LogP contribution < -0.4 is 0 Å². The fraction of sp³-hybridized carbons (Fsp3) is 0.231. The number of hydrogen-bond acceptors (Lipinski definition) is 5. The van der Waals surface area contributed by atoms with Crippen LogP contribution in [0.5, 0.6) is 0 Å². The molecular formula is C13H13N3O3S. The van der Waals surface area contributed by atoms with E-state index in [0.717, 1.165) is 0 Å². The number of aromatic nitrogens is 2. The fourth-order valence-corrected chi connectivity index (χ4v) is 1.95. The summed E-state index contributed by atoms with van der Waals surface area (Å²) >= 11 is 5.10. The normalized spacial score (nSPS) is 10.4. The summed E-state index contributed by atoms with van der Waals surface area (Å²) in [5.74, 6) is 0.598. The molecule has 0 saturated heterocycles. The Morgan fingerprint density at radius 1 is 1.45 bits per heavy atom. The molecule has 1 heterocycles. The van der Waals surface area contributed by atoms with Crippen LogP contribution in [0.1, 0.15) is 12.7 Å². The Balaban J connectivity index is 2.41. The van der Waals surface area contributed by atoms with Crippen molar-refractivity contribution in [2.45, 2.75) is 13.5 Å². The van der Waals surface area contributed by atoms with Crippen molar-refractivity contribution in [2.75, 3.05) is 6.61 Å². The number of nitro benzene ring substituents is 1. The molecule has 1 aromatic carbocycles. The van der Waals surface area contributed by atoms with Gasteiger partial charge in [-0.2, -0.15) is 0 Å². The SMILES string of the molecule is CCOCc1nc(=S)cc(-c2cccc([N+](=O)[O-])c2)[nH]1. The van der Waals surface area contributed by atoms with Gasteiger partial charge in [-0.1, -0.05) is 24.4 Å². The molecule has 0 unspecified atom stereocenters. The van der Waals surface area contributed by atoms with Gasteiger partial charge in [0.1, 0.15) is 17.1 Å². The third-order valence-corrected chi connectivity index (χ3v) is 2.81. The lowest BCUT2D eigenvalue weighted by atomic mass is 10.1. The number of aromatic amines is 1. The average molecular weight is 291 g/mol. The number of nitrogens with one attached hydrogen (secondary N) is 1. The lowest BCUT2D eigenvalue weighted by Gasteiger charge is -2.06. The smallest absolute Gasteiger partial charge is 0.270 e. The number of rotatable bonds is 5. The average Bonchev–Trinajstić information content (AvgIpc) is 2.44. The molecule has 1 N–H and O–H groups in total. The second-order valence-electron chi connectivity index (χ2n) is 4.02. The van der Waals surface area contributed by atoms with E-state index in [2.05, 4.69) is 9.97 Å². The molecular weight excluding hydrogens is 278 g/mol. The molecule has 0 spiro atoms. The maximum absolute atomic E-state index is 10.8. The van der Waals surface area contributed by atoms with Crippen molar-refractivity contribution in [1.82, 2.24) is 9.97 Å². The molecule has 0 aliphatic carbocycles. The van der Waals surface area contributed by atoms with Crippen LogP contribution in [0.3, 0.4) is 0 Å². The molecule has 0 aliphatic heterocycles. The van der Waals surface area contributed by atoms with Gasteiger partial charge in [-0.3, -0.25) is 10.1 Å². The van der Waals surface area contributed by atoms with Crippen LogP contribution in [-0.2, 0) is 11.3 Å². The molecule has 104 valence electrons. The van der Waals surface area contributed by atoms with E-state index in [1.807, 2.05) is 6.92 Å². The Kier molecular flexibility index (Phi) is 4.54. The lowest BCUT2D eigenvalue weighted by molar-refractivity contribution is -0.384. The maximum atomic E-state index is 10.8. The van der Waals surface area contributed by atoms with Gasteiger partial charge in [0.05, 0.1) is 4.92 Å². The number of hydrogen-bond donors (Lipinski definition) is 1. The van der Waals surface area contributed by atoms with Crippen molar-refractivity contribution >= 4 is 17.9 Å². The van der Waals surface area contributed by atoms with E-state index in [-0.39, 0.29) is 5.69 Å². The number of ether oxygens (including phenoxy) is 1. The first-order chi connectivity index (χ1) is 9.60. The first-order valence-corrected chi connectivity index (χ1v) is 6.44. The number of nitro groups is 1. The lowest BCUT2D eigenvalue weighted by Crippen LogP contribution is -2.00. The summed E-state index contributed by atoms with van der Waals surface area (Å²) in [6.45, 7) is 2.78. The molecule has 0 aliphatic rings. The fourth-order valence-electron chi connectivity index (χ4n) is 1.72. The van der Waals surface area contributed by atoms with E-state index in [4.69, 9.17) is 17.0 Å². The third kappa shape index (κ3) is 3.46. The highest BCUT2D eigenvalue weighted by molar-refractivity contribution is 7.71. The second kappa shape index (κ2) is 6.36. The van der Waals surface area contributed by atoms with Crippen LogP contribution in [-0.4, -0.2) is 21.5 Å². The zero-order chi connectivity index (χ0) is 14.5. The van der Waals surface area contributed by atoms with Crippen LogP contribution in [0.15, 0.2) is 30.3 Å². The van der Waals surface area contributed by atoms with Crippen LogP contribution in [0.4, 0.5) is 5.69 Å². The molecule has 1 aromatic heterocycles. The van der Waals surface area contributed by atoms with Crippen LogP contribution in [0.2, 0.25) is 0 Å². The van der Waals surface area contributed by atoms with Gasteiger partial charge in [0.25, 0.3) is 5.69 Å². The summed E-state index contributed by atoms with van der Waals surface area (Å²) in [5.41, 5.74) is 1.40. The summed E-state index contributed by atoms with van der Waals surface area (Å²) in [6.07, 6.45) is 0. The molecule has 0 radical (unpaired) electrons. The van der Waals surface area contributed by atoms with Gasteiger partial charge in [0, 0.05) is 30.0 Å². The van der Waals surface area contributed by atoms with E-state index >= 15 is 0 Å². The van der Waals surface area contributed by atoms with Crippen LogP contribution in [0.25, 0.3) is 11.3 Å². The molecule has 0 amide bonds. The Bertz CT molecular complexity index is 685. The molecule has 2 rings (SSSR count). The third-order valence-electron chi connectivity index (χ3n) is 2.60. The number of nitrogens with zero attached hydrogens (tertiary/aromatic N) is 2. The van der Waals surface area contributed by atoms with Gasteiger partial charge in [-0.05, 0) is 13.0 Å². The molecule has 0 fully saturated rings. The summed E-state index contributed by atoms with van der Waals surface area (Å²) in [6, 6.07) is 8.01. The minimum Gasteiger partial charge on any atom is -0.374 e. The highest BCUT2D eigenvalue weighted by atomic mass is 32.1. The minimum absolute atomic E-state index is 0.0324. The summed E-state index contributed by atoms with van der Waals surface area (Å²) in [5, 5.41) is 10.8. The van der Waals surface area contributed by atoms with E-state index in [1.165, 1.54) is 12.1 Å². The Morgan fingerprint density at radius 3 is 2.95 bits per heavy atom. The summed E-state index contributed by atoms with van der Waals surface area (Å²) in [7, 11) is 0. The van der Waals surface area contributed by atoms with E-state index in [9.17, 15) is 10.1 Å². The molecule has 6 nitrogen and oxygen atoms in total. The highest BCUT2D eigenvalue weighted by Crippen LogP contribution is 2.22. The first kappa shape index (κ1) is 14.3. The van der Waals surface area contributed by atoms with Crippen molar-refractivity contribution in [1.29, 1.82) is 0 Å². The number of benzene rings is 1. The molecule has 7 heteroatoms. The van der Waals surface area contributed by atoms with Gasteiger partial charge >= 0.3 is 0 Å². The van der Waals surface area contributed by atoms with Crippen LogP contribution in [0, 0.1) is 14.8 Å². The second-order valence-corrected chi connectivity index (χ2v) is 4.44. The number of non-ortho nitro benzene ring substituents is 1. The molecule has 0 bridgehead atoms. The molecule has 0 saturated carbocycles. The Morgan fingerprint density at radius 2 is 2.25 bits per heavy atom. The summed E-state index contributed by atoms with van der Waals surface area (Å²) < 4.78 is 5.70. The highest BCUT2D eigenvalue weighted by Gasteiger charge is 2.08. The molecule has 0 atom stereocenters. The summed E-state index contributed by atoms with van der Waals surface area (Å²) in [4.78, 5) is 17.6. The van der Waals surface area contributed by atoms with Gasteiger partial charge in [-0.25, -0.2) is 4.98 Å². The first-order valence-electron chi connectivity index (χ1n) is 6.03. The topological polar surface area (TPSA) is 81.1 Å². The van der Waals surface area contributed by atoms with E-state index in [0.29, 0.717) is 34.9 Å². The number of H-pyrrole nitrogens is 1. The van der Waals surface area contributed by atoms with Gasteiger partial charge in [-0.15, -0.1) is 0 Å². The van der Waals surface area contributed by atoms with Crippen molar-refractivity contribution in [2.24, 2.45) is 0 Å². The zero-order valence-electron chi connectivity index (χ0n) is 10.8. The van der Waals surface area contributed by atoms with Crippen molar-refractivity contribution < 1.29 is 9.66 Å². The van der Waals surface area contributed by atoms with Gasteiger partial charge in [0.2, 0.25) is 0 Å². The van der Waals surface area contributed by atoms with Gasteiger partial charge < -0.3 is 9.72 Å². The predicted molar refractivity (Wildman–Crippen MR) is 76.8 cm³/mol. The van der Waals surface area contributed by atoms with E-state index in [1.54, 1.807) is 18.2 Å². The largest absolute Gasteiger partial charge is 0.374 e. The Labute approximate surface area is 120 Å². The minimum atomic E-state index is -0.430.